The number of ether oxygens (including phenoxy) is 1. The molecule has 2 heterocycles. The van der Waals surface area contributed by atoms with Crippen LogP contribution in [0.2, 0.25) is 0 Å². The van der Waals surface area contributed by atoms with Crippen molar-refractivity contribution >= 4 is 29.9 Å². The summed E-state index contributed by atoms with van der Waals surface area (Å²) in [4.78, 5) is 24.1. The Morgan fingerprint density at radius 2 is 2.11 bits per heavy atom. The first-order chi connectivity index (χ1) is 8.97. The van der Waals surface area contributed by atoms with Gasteiger partial charge in [-0.2, -0.15) is 0 Å². The Kier molecular flexibility index (Phi) is 3.66. The molecule has 2 rings (SSSR count). The molecule has 100 valence electrons. The number of hydrogen-bond donors (Lipinski definition) is 1. The first-order valence-electron chi connectivity index (χ1n) is 5.99. The second-order valence-corrected chi connectivity index (χ2v) is 4.76. The maximum Gasteiger partial charge on any atom is 0.341 e. The molecule has 0 saturated heterocycles. The van der Waals surface area contributed by atoms with Gasteiger partial charge in [-0.15, -0.1) is 12.6 Å². The van der Waals surface area contributed by atoms with Crippen molar-refractivity contribution in [2.75, 3.05) is 6.61 Å². The zero-order chi connectivity index (χ0) is 14.2. The predicted molar refractivity (Wildman–Crippen MR) is 75.3 cm³/mol. The van der Waals surface area contributed by atoms with Crippen molar-refractivity contribution in [2.24, 2.45) is 0 Å². The number of carbonyl (C=O) groups excluding carboxylic acids is 2. The van der Waals surface area contributed by atoms with E-state index in [1.807, 2.05) is 19.1 Å². The maximum atomic E-state index is 12.0. The van der Waals surface area contributed by atoms with E-state index < -0.39 is 5.97 Å². The van der Waals surface area contributed by atoms with Gasteiger partial charge in [-0.25, -0.2) is 4.79 Å². The highest BCUT2D eigenvalue weighted by Gasteiger charge is 2.24. The number of thiol groups is 1. The molecule has 0 bridgehead atoms. The molecule has 0 aliphatic carbocycles. The normalized spacial score (nSPS) is 10.7. The van der Waals surface area contributed by atoms with Gasteiger partial charge in [0.05, 0.1) is 17.7 Å². The van der Waals surface area contributed by atoms with Crippen molar-refractivity contribution in [3.63, 3.8) is 0 Å². The van der Waals surface area contributed by atoms with E-state index in [0.717, 1.165) is 5.56 Å². The molecule has 0 aliphatic rings. The van der Waals surface area contributed by atoms with Crippen LogP contribution >= 0.6 is 12.6 Å². The summed E-state index contributed by atoms with van der Waals surface area (Å²) in [6.45, 7) is 5.40. The number of fused-ring (bicyclic) bond motifs is 1. The number of Topliss-reactive ketones (excluding diaryl/α,β-unsaturated/α-hetero) is 1. The molecular weight excluding hydrogens is 262 g/mol. The fourth-order valence-electron chi connectivity index (χ4n) is 2.09. The molecule has 0 fully saturated rings. The van der Waals surface area contributed by atoms with Gasteiger partial charge >= 0.3 is 5.97 Å². The van der Waals surface area contributed by atoms with Gasteiger partial charge in [0.25, 0.3) is 0 Å². The summed E-state index contributed by atoms with van der Waals surface area (Å²) in [7, 11) is 0. The lowest BCUT2D eigenvalue weighted by molar-refractivity contribution is 0.0525. The standard InChI is InChI=1S/C14H15NO3S/c1-4-18-14(17)11-10-7-8(2)5-6-15(10)12(9(3)16)13(11)19/h5-7,19H,4H2,1-3H3. The minimum absolute atomic E-state index is 0.139. The highest BCUT2D eigenvalue weighted by atomic mass is 32.1. The predicted octanol–water partition coefficient (Wildman–Crippen LogP) is 2.92. The van der Waals surface area contributed by atoms with Crippen LogP contribution in [-0.4, -0.2) is 22.8 Å². The van der Waals surface area contributed by atoms with Crippen LogP contribution < -0.4 is 0 Å². The van der Waals surface area contributed by atoms with Crippen LogP contribution in [0.4, 0.5) is 0 Å². The molecular formula is C14H15NO3S. The summed E-state index contributed by atoms with van der Waals surface area (Å²) in [6, 6.07) is 3.72. The number of ketones is 1. The molecule has 19 heavy (non-hydrogen) atoms. The van der Waals surface area contributed by atoms with Crippen LogP contribution in [0.5, 0.6) is 0 Å². The van der Waals surface area contributed by atoms with Crippen LogP contribution in [-0.2, 0) is 4.74 Å². The lowest BCUT2D eigenvalue weighted by Crippen LogP contribution is -2.05. The van der Waals surface area contributed by atoms with E-state index in [2.05, 4.69) is 12.6 Å². The summed E-state index contributed by atoms with van der Waals surface area (Å²) < 4.78 is 6.72. The van der Waals surface area contributed by atoms with Gasteiger partial charge < -0.3 is 9.14 Å². The molecule has 0 amide bonds. The van der Waals surface area contributed by atoms with E-state index in [4.69, 9.17) is 4.74 Å². The zero-order valence-electron chi connectivity index (χ0n) is 11.1. The quantitative estimate of drug-likeness (QED) is 0.533. The Balaban J connectivity index is 2.81. The van der Waals surface area contributed by atoms with Gasteiger partial charge in [0.1, 0.15) is 5.69 Å². The number of aryl methyl sites for hydroxylation is 1. The Hall–Kier alpha value is -1.75. The number of rotatable bonds is 3. The van der Waals surface area contributed by atoms with E-state index in [1.54, 1.807) is 17.5 Å². The first kappa shape index (κ1) is 13.7. The third-order valence-corrected chi connectivity index (χ3v) is 3.32. The topological polar surface area (TPSA) is 47.8 Å². The number of aromatic nitrogens is 1. The number of esters is 1. The van der Waals surface area contributed by atoms with Crippen molar-refractivity contribution < 1.29 is 14.3 Å². The SMILES string of the molecule is CCOC(=O)c1c(S)c(C(C)=O)n2ccc(C)cc12. The molecule has 0 radical (unpaired) electrons. The Morgan fingerprint density at radius 1 is 1.42 bits per heavy atom. The summed E-state index contributed by atoms with van der Waals surface area (Å²) in [6.07, 6.45) is 1.77. The fourth-order valence-corrected chi connectivity index (χ4v) is 2.56. The Labute approximate surface area is 116 Å². The number of nitrogens with zero attached hydrogens (tertiary/aromatic N) is 1. The van der Waals surface area contributed by atoms with E-state index in [-0.39, 0.29) is 12.4 Å². The first-order valence-corrected chi connectivity index (χ1v) is 6.43. The molecule has 4 nitrogen and oxygen atoms in total. The zero-order valence-corrected chi connectivity index (χ0v) is 12.0. The number of hydrogen-bond acceptors (Lipinski definition) is 4. The van der Waals surface area contributed by atoms with Gasteiger partial charge in [0.15, 0.2) is 5.78 Å². The van der Waals surface area contributed by atoms with E-state index >= 15 is 0 Å². The Morgan fingerprint density at radius 3 is 2.68 bits per heavy atom. The van der Waals surface area contributed by atoms with Gasteiger partial charge in [0, 0.05) is 18.0 Å². The second-order valence-electron chi connectivity index (χ2n) is 4.31. The summed E-state index contributed by atoms with van der Waals surface area (Å²) in [5, 5.41) is 0. The number of pyridine rings is 1. The highest BCUT2D eigenvalue weighted by Crippen LogP contribution is 2.28. The molecule has 5 heteroatoms. The molecule has 2 aromatic heterocycles. The van der Waals surface area contributed by atoms with Crippen LogP contribution in [0.3, 0.4) is 0 Å². The lowest BCUT2D eigenvalue weighted by atomic mass is 10.2. The van der Waals surface area contributed by atoms with Crippen LogP contribution in [0.1, 0.15) is 40.3 Å². The van der Waals surface area contributed by atoms with Crippen molar-refractivity contribution in [3.8, 4) is 0 Å². The largest absolute Gasteiger partial charge is 0.462 e. The second kappa shape index (κ2) is 5.09. The summed E-state index contributed by atoms with van der Waals surface area (Å²) in [5.41, 5.74) is 2.40. The minimum Gasteiger partial charge on any atom is -0.462 e. The van der Waals surface area contributed by atoms with Gasteiger partial charge in [0.2, 0.25) is 0 Å². The molecule has 0 saturated carbocycles. The molecule has 0 unspecified atom stereocenters. The van der Waals surface area contributed by atoms with Gasteiger partial charge in [-0.05, 0) is 31.5 Å². The molecule has 2 aromatic rings. The highest BCUT2D eigenvalue weighted by molar-refractivity contribution is 7.80. The van der Waals surface area contributed by atoms with Crippen molar-refractivity contribution in [1.82, 2.24) is 4.40 Å². The number of carbonyl (C=O) groups is 2. The van der Waals surface area contributed by atoms with Gasteiger partial charge in [-0.1, -0.05) is 0 Å². The Bertz CT molecular complexity index is 673. The lowest BCUT2D eigenvalue weighted by Gasteiger charge is -2.02. The summed E-state index contributed by atoms with van der Waals surface area (Å²) in [5.74, 6) is -0.595. The third kappa shape index (κ3) is 2.26. The van der Waals surface area contributed by atoms with Crippen LogP contribution in [0, 0.1) is 6.92 Å². The summed E-state index contributed by atoms with van der Waals surface area (Å²) >= 11 is 4.33. The van der Waals surface area contributed by atoms with E-state index in [9.17, 15) is 9.59 Å². The molecule has 0 atom stereocenters. The van der Waals surface area contributed by atoms with Crippen molar-refractivity contribution in [3.05, 3.63) is 35.2 Å². The third-order valence-electron chi connectivity index (χ3n) is 2.88. The molecule has 0 aliphatic heterocycles. The molecule has 0 aromatic carbocycles. The monoisotopic (exact) mass is 277 g/mol. The smallest absolute Gasteiger partial charge is 0.341 e. The van der Waals surface area contributed by atoms with E-state index in [0.29, 0.717) is 21.7 Å². The molecule has 0 N–H and O–H groups in total. The molecule has 0 spiro atoms. The fraction of sp³-hybridized carbons (Fsp3) is 0.286. The van der Waals surface area contributed by atoms with Crippen molar-refractivity contribution in [2.45, 2.75) is 25.7 Å². The van der Waals surface area contributed by atoms with E-state index in [1.165, 1.54) is 6.92 Å². The average molecular weight is 277 g/mol. The van der Waals surface area contributed by atoms with Crippen molar-refractivity contribution in [1.29, 1.82) is 0 Å². The van der Waals surface area contributed by atoms with Crippen LogP contribution in [0.25, 0.3) is 5.52 Å². The minimum atomic E-state index is -0.455. The maximum absolute atomic E-state index is 12.0. The van der Waals surface area contributed by atoms with Crippen LogP contribution in [0.15, 0.2) is 23.2 Å². The van der Waals surface area contributed by atoms with Gasteiger partial charge in [-0.3, -0.25) is 4.79 Å². The average Bonchev–Trinajstić information content (AvgIpc) is 2.60.